The molecule has 3 aromatic rings. The number of amides is 1. The Labute approximate surface area is 152 Å². The number of fused-ring (bicyclic) bond motifs is 1. The second kappa shape index (κ2) is 6.64. The number of carbonyl (C=O) groups excluding carboxylic acids is 1. The predicted octanol–water partition coefficient (Wildman–Crippen LogP) is 3.46. The lowest BCUT2D eigenvalue weighted by atomic mass is 9.96. The average molecular weight is 344 g/mol. The Kier molecular flexibility index (Phi) is 4.18. The number of hydrogen-bond acceptors (Lipinski definition) is 3. The summed E-state index contributed by atoms with van der Waals surface area (Å²) in [4.78, 5) is 19.6. The van der Waals surface area contributed by atoms with Gasteiger partial charge >= 0.3 is 0 Å². The Balaban J connectivity index is 1.60. The van der Waals surface area contributed by atoms with Crippen molar-refractivity contribution in [2.24, 2.45) is 7.05 Å². The third-order valence-electron chi connectivity index (χ3n) is 5.13. The Morgan fingerprint density at radius 3 is 2.88 bits per heavy atom. The molecule has 130 valence electrons. The molecule has 0 aliphatic carbocycles. The molecule has 26 heavy (non-hydrogen) atoms. The van der Waals surface area contributed by atoms with Crippen LogP contribution in [0.2, 0.25) is 0 Å². The molecule has 0 N–H and O–H groups in total. The highest BCUT2D eigenvalue weighted by Crippen LogP contribution is 2.29. The number of para-hydroxylation sites is 2. The van der Waals surface area contributed by atoms with Gasteiger partial charge in [0.1, 0.15) is 5.82 Å². The van der Waals surface area contributed by atoms with Crippen LogP contribution in [0.3, 0.4) is 0 Å². The smallest absolute Gasteiger partial charge is 0.253 e. The van der Waals surface area contributed by atoms with Crippen molar-refractivity contribution in [2.75, 3.05) is 13.1 Å². The number of imidazole rings is 1. The summed E-state index contributed by atoms with van der Waals surface area (Å²) >= 11 is 0. The maximum Gasteiger partial charge on any atom is 0.253 e. The Morgan fingerprint density at radius 2 is 2.08 bits per heavy atom. The highest BCUT2D eigenvalue weighted by molar-refractivity contribution is 5.94. The average Bonchev–Trinajstić information content (AvgIpc) is 3.04. The van der Waals surface area contributed by atoms with Crippen LogP contribution in [0.5, 0.6) is 0 Å². The van der Waals surface area contributed by atoms with Crippen LogP contribution < -0.4 is 0 Å². The van der Waals surface area contributed by atoms with Crippen molar-refractivity contribution >= 4 is 16.9 Å². The van der Waals surface area contributed by atoms with E-state index in [0.29, 0.717) is 17.7 Å². The van der Waals surface area contributed by atoms with Gasteiger partial charge in [-0.15, -0.1) is 0 Å². The molecule has 1 atom stereocenters. The number of carbonyl (C=O) groups is 1. The SMILES string of the molecule is Cn1c(C2CCCN(C(=O)c3cccc(C#N)c3)C2)nc2ccccc21. The number of aryl methyl sites for hydroxylation is 1. The maximum absolute atomic E-state index is 12.9. The van der Waals surface area contributed by atoms with Crippen LogP contribution in [0, 0.1) is 11.3 Å². The van der Waals surface area contributed by atoms with Crippen LogP contribution in [0.4, 0.5) is 0 Å². The number of nitriles is 1. The zero-order valence-corrected chi connectivity index (χ0v) is 14.7. The minimum atomic E-state index is -0.00874. The summed E-state index contributed by atoms with van der Waals surface area (Å²) in [7, 11) is 2.04. The van der Waals surface area contributed by atoms with Gasteiger partial charge in [-0.1, -0.05) is 18.2 Å². The molecule has 1 saturated heterocycles. The highest BCUT2D eigenvalue weighted by atomic mass is 16.2. The molecule has 5 nitrogen and oxygen atoms in total. The fourth-order valence-electron chi connectivity index (χ4n) is 3.81. The summed E-state index contributed by atoms with van der Waals surface area (Å²) in [5, 5.41) is 9.06. The lowest BCUT2D eigenvalue weighted by Crippen LogP contribution is -2.39. The summed E-state index contributed by atoms with van der Waals surface area (Å²) in [6.07, 6.45) is 1.98. The molecule has 0 bridgehead atoms. The first kappa shape index (κ1) is 16.3. The van der Waals surface area contributed by atoms with Crippen LogP contribution >= 0.6 is 0 Å². The Hall–Kier alpha value is -3.13. The van der Waals surface area contributed by atoms with Gasteiger partial charge in [0.05, 0.1) is 22.7 Å². The molecule has 0 spiro atoms. The van der Waals surface area contributed by atoms with Crippen LogP contribution in [-0.2, 0) is 7.05 Å². The van der Waals surface area contributed by atoms with E-state index in [4.69, 9.17) is 10.2 Å². The molecule has 4 rings (SSSR count). The number of hydrogen-bond donors (Lipinski definition) is 0. The Bertz CT molecular complexity index is 1010. The van der Waals surface area contributed by atoms with Crippen LogP contribution in [-0.4, -0.2) is 33.4 Å². The van der Waals surface area contributed by atoms with Crippen molar-refractivity contribution in [3.63, 3.8) is 0 Å². The largest absolute Gasteiger partial charge is 0.338 e. The lowest BCUT2D eigenvalue weighted by Gasteiger charge is -2.32. The van der Waals surface area contributed by atoms with Crippen molar-refractivity contribution < 1.29 is 4.79 Å². The van der Waals surface area contributed by atoms with Gasteiger partial charge in [0.25, 0.3) is 5.91 Å². The number of benzene rings is 2. The Morgan fingerprint density at radius 1 is 1.23 bits per heavy atom. The molecular weight excluding hydrogens is 324 g/mol. The molecule has 1 unspecified atom stereocenters. The van der Waals surface area contributed by atoms with Crippen LogP contribution in [0.1, 0.15) is 40.5 Å². The summed E-state index contributed by atoms with van der Waals surface area (Å²) in [5.74, 6) is 1.25. The van der Waals surface area contributed by atoms with E-state index in [9.17, 15) is 4.79 Å². The van der Waals surface area contributed by atoms with E-state index in [0.717, 1.165) is 36.2 Å². The molecule has 0 radical (unpaired) electrons. The number of piperidine rings is 1. The standard InChI is InChI=1S/C21H20N4O/c1-24-19-10-3-2-9-18(19)23-20(24)17-8-5-11-25(14-17)21(26)16-7-4-6-15(12-16)13-22/h2-4,6-7,9-10,12,17H,5,8,11,14H2,1H3. The topological polar surface area (TPSA) is 61.9 Å². The molecule has 2 aromatic carbocycles. The van der Waals surface area contributed by atoms with E-state index in [1.165, 1.54) is 0 Å². The normalized spacial score (nSPS) is 17.2. The number of aromatic nitrogens is 2. The molecule has 1 aromatic heterocycles. The van der Waals surface area contributed by atoms with Gasteiger partial charge in [-0.05, 0) is 43.2 Å². The van der Waals surface area contributed by atoms with E-state index >= 15 is 0 Å². The van der Waals surface area contributed by atoms with E-state index in [1.54, 1.807) is 24.3 Å². The summed E-state index contributed by atoms with van der Waals surface area (Å²) in [6.45, 7) is 1.41. The third kappa shape index (κ3) is 2.84. The fraction of sp³-hybridized carbons (Fsp3) is 0.286. The van der Waals surface area contributed by atoms with Crippen LogP contribution in [0.15, 0.2) is 48.5 Å². The second-order valence-corrected chi connectivity index (χ2v) is 6.80. The van der Waals surface area contributed by atoms with Crippen molar-refractivity contribution in [2.45, 2.75) is 18.8 Å². The molecule has 5 heteroatoms. The maximum atomic E-state index is 12.9. The zero-order valence-electron chi connectivity index (χ0n) is 14.7. The zero-order chi connectivity index (χ0) is 18.1. The van der Waals surface area contributed by atoms with E-state index in [2.05, 4.69) is 16.7 Å². The van der Waals surface area contributed by atoms with Crippen molar-refractivity contribution in [3.8, 4) is 6.07 Å². The minimum Gasteiger partial charge on any atom is -0.338 e. The van der Waals surface area contributed by atoms with Gasteiger partial charge in [0, 0.05) is 31.6 Å². The number of nitrogens with zero attached hydrogens (tertiary/aromatic N) is 4. The monoisotopic (exact) mass is 344 g/mol. The number of rotatable bonds is 2. The molecule has 2 heterocycles. The molecular formula is C21H20N4O. The second-order valence-electron chi connectivity index (χ2n) is 6.80. The van der Waals surface area contributed by atoms with Gasteiger partial charge in [0.2, 0.25) is 0 Å². The van der Waals surface area contributed by atoms with Gasteiger partial charge < -0.3 is 9.47 Å². The van der Waals surface area contributed by atoms with Crippen molar-refractivity contribution in [1.29, 1.82) is 5.26 Å². The van der Waals surface area contributed by atoms with Crippen molar-refractivity contribution in [3.05, 3.63) is 65.5 Å². The molecule has 0 saturated carbocycles. The van der Waals surface area contributed by atoms with Gasteiger partial charge in [-0.25, -0.2) is 4.98 Å². The van der Waals surface area contributed by atoms with E-state index in [-0.39, 0.29) is 11.8 Å². The quantitative estimate of drug-likeness (QED) is 0.715. The molecule has 1 fully saturated rings. The minimum absolute atomic E-state index is 0.00874. The van der Waals surface area contributed by atoms with Gasteiger partial charge in [-0.3, -0.25) is 4.79 Å². The van der Waals surface area contributed by atoms with Gasteiger partial charge in [0.15, 0.2) is 0 Å². The van der Waals surface area contributed by atoms with Crippen LogP contribution in [0.25, 0.3) is 11.0 Å². The van der Waals surface area contributed by atoms with E-state index in [1.807, 2.05) is 30.1 Å². The summed E-state index contributed by atoms with van der Waals surface area (Å²) < 4.78 is 2.14. The number of likely N-dealkylation sites (tertiary alicyclic amines) is 1. The summed E-state index contributed by atoms with van der Waals surface area (Å²) in [5.41, 5.74) is 3.21. The summed E-state index contributed by atoms with van der Waals surface area (Å²) in [6, 6.07) is 17.1. The first-order valence-electron chi connectivity index (χ1n) is 8.88. The first-order chi connectivity index (χ1) is 12.7. The van der Waals surface area contributed by atoms with Gasteiger partial charge in [-0.2, -0.15) is 5.26 Å². The lowest BCUT2D eigenvalue weighted by molar-refractivity contribution is 0.0703. The van der Waals surface area contributed by atoms with Crippen molar-refractivity contribution in [1.82, 2.24) is 14.5 Å². The molecule has 1 aliphatic rings. The molecule has 1 amide bonds. The molecule has 1 aliphatic heterocycles. The predicted molar refractivity (Wildman–Crippen MR) is 99.7 cm³/mol. The first-order valence-corrected chi connectivity index (χ1v) is 8.88. The van der Waals surface area contributed by atoms with E-state index < -0.39 is 0 Å². The fourth-order valence-corrected chi connectivity index (χ4v) is 3.81. The highest BCUT2D eigenvalue weighted by Gasteiger charge is 2.28. The third-order valence-corrected chi connectivity index (χ3v) is 5.13.